The van der Waals surface area contributed by atoms with Crippen LogP contribution in [0.2, 0.25) is 0 Å². The number of hydrogen-bond acceptors (Lipinski definition) is 2. The maximum Gasteiger partial charge on any atom is 0.217 e. The molecule has 3 nitrogen and oxygen atoms in total. The molecular formula is C15H22BrNO2. The predicted octanol–water partition coefficient (Wildman–Crippen LogP) is 3.56. The molecule has 0 aromatic heterocycles. The Balaban J connectivity index is 2.42. The van der Waals surface area contributed by atoms with Crippen LogP contribution in [0.1, 0.15) is 37.8 Å². The van der Waals surface area contributed by atoms with Crippen molar-refractivity contribution >= 4 is 21.8 Å². The van der Waals surface area contributed by atoms with Gasteiger partial charge in [-0.2, -0.15) is 0 Å². The number of halogens is 1. The lowest BCUT2D eigenvalue weighted by molar-refractivity contribution is -0.118. The molecule has 1 rings (SSSR count). The van der Waals surface area contributed by atoms with Gasteiger partial charge in [-0.15, -0.1) is 0 Å². The summed E-state index contributed by atoms with van der Waals surface area (Å²) >= 11 is 3.48. The second-order valence-corrected chi connectivity index (χ2v) is 5.94. The average molecular weight is 328 g/mol. The van der Waals surface area contributed by atoms with E-state index in [9.17, 15) is 4.79 Å². The molecule has 19 heavy (non-hydrogen) atoms. The third kappa shape index (κ3) is 5.74. The zero-order valence-electron chi connectivity index (χ0n) is 11.8. The van der Waals surface area contributed by atoms with Gasteiger partial charge in [0.05, 0.1) is 12.7 Å². The Morgan fingerprint density at radius 3 is 2.68 bits per heavy atom. The molecule has 0 bridgehead atoms. The topological polar surface area (TPSA) is 52.3 Å². The SMILES string of the molecule is Cc1cc(CO[C@H](C)[C@@H](C)CCC(N)=O)ccc1Br. The molecule has 0 heterocycles. The Hall–Kier alpha value is -0.870. The molecule has 0 unspecified atom stereocenters. The summed E-state index contributed by atoms with van der Waals surface area (Å²) in [6, 6.07) is 6.21. The normalized spacial score (nSPS) is 14.1. The van der Waals surface area contributed by atoms with E-state index < -0.39 is 0 Å². The molecule has 0 spiro atoms. The number of carbonyl (C=O) groups is 1. The summed E-state index contributed by atoms with van der Waals surface area (Å²) in [5, 5.41) is 0. The minimum absolute atomic E-state index is 0.114. The number of carbonyl (C=O) groups excluding carboxylic acids is 1. The standard InChI is InChI=1S/C15H22BrNO2/c1-10(4-7-15(17)18)12(3)19-9-13-5-6-14(16)11(2)8-13/h5-6,8,10,12H,4,7,9H2,1-3H3,(H2,17,18)/t10-,12+/m0/s1. The first-order valence-electron chi connectivity index (χ1n) is 6.55. The Morgan fingerprint density at radius 1 is 1.42 bits per heavy atom. The highest BCUT2D eigenvalue weighted by Crippen LogP contribution is 2.19. The quantitative estimate of drug-likeness (QED) is 0.832. The van der Waals surface area contributed by atoms with Crippen LogP contribution in [0.5, 0.6) is 0 Å². The molecule has 0 aliphatic heterocycles. The smallest absolute Gasteiger partial charge is 0.217 e. The summed E-state index contributed by atoms with van der Waals surface area (Å²) in [7, 11) is 0. The van der Waals surface area contributed by atoms with Crippen LogP contribution in [0.3, 0.4) is 0 Å². The van der Waals surface area contributed by atoms with Gasteiger partial charge in [-0.25, -0.2) is 0 Å². The molecule has 0 saturated carbocycles. The number of aryl methyl sites for hydroxylation is 1. The van der Waals surface area contributed by atoms with Gasteiger partial charge in [0.15, 0.2) is 0 Å². The molecule has 1 amide bonds. The third-order valence-corrected chi connectivity index (χ3v) is 4.27. The van der Waals surface area contributed by atoms with Crippen molar-refractivity contribution in [2.75, 3.05) is 0 Å². The summed E-state index contributed by atoms with van der Waals surface area (Å²) in [6.07, 6.45) is 1.31. The lowest BCUT2D eigenvalue weighted by Gasteiger charge is -2.20. The van der Waals surface area contributed by atoms with Crippen LogP contribution >= 0.6 is 15.9 Å². The van der Waals surface area contributed by atoms with E-state index in [0.717, 1.165) is 16.5 Å². The fourth-order valence-corrected chi connectivity index (χ4v) is 2.04. The van der Waals surface area contributed by atoms with Crippen LogP contribution in [0.25, 0.3) is 0 Å². The van der Waals surface area contributed by atoms with Gasteiger partial charge >= 0.3 is 0 Å². The van der Waals surface area contributed by atoms with Crippen LogP contribution < -0.4 is 5.73 Å². The lowest BCUT2D eigenvalue weighted by Crippen LogP contribution is -2.20. The largest absolute Gasteiger partial charge is 0.374 e. The minimum Gasteiger partial charge on any atom is -0.374 e. The number of benzene rings is 1. The fourth-order valence-electron chi connectivity index (χ4n) is 1.79. The highest BCUT2D eigenvalue weighted by Gasteiger charge is 2.13. The molecule has 4 heteroatoms. The van der Waals surface area contributed by atoms with Crippen molar-refractivity contribution < 1.29 is 9.53 Å². The van der Waals surface area contributed by atoms with E-state index in [4.69, 9.17) is 10.5 Å². The number of rotatable bonds is 7. The highest BCUT2D eigenvalue weighted by molar-refractivity contribution is 9.10. The fraction of sp³-hybridized carbons (Fsp3) is 0.533. The third-order valence-electron chi connectivity index (χ3n) is 3.38. The molecule has 0 aliphatic carbocycles. The van der Waals surface area contributed by atoms with E-state index in [1.807, 2.05) is 13.0 Å². The average Bonchev–Trinajstić information content (AvgIpc) is 2.36. The zero-order chi connectivity index (χ0) is 14.4. The summed E-state index contributed by atoms with van der Waals surface area (Å²) in [6.45, 7) is 6.78. The van der Waals surface area contributed by atoms with E-state index in [0.29, 0.717) is 18.9 Å². The summed E-state index contributed by atoms with van der Waals surface area (Å²) < 4.78 is 6.96. The molecule has 0 fully saturated rings. The van der Waals surface area contributed by atoms with Crippen molar-refractivity contribution in [2.45, 2.75) is 46.3 Å². The maximum atomic E-state index is 10.8. The molecule has 1 aromatic carbocycles. The molecule has 2 N–H and O–H groups in total. The molecule has 1 aromatic rings. The van der Waals surface area contributed by atoms with Gasteiger partial charge in [0.25, 0.3) is 0 Å². The summed E-state index contributed by atoms with van der Waals surface area (Å²) in [5.41, 5.74) is 7.52. The van der Waals surface area contributed by atoms with Crippen LogP contribution in [0.4, 0.5) is 0 Å². The Morgan fingerprint density at radius 2 is 2.11 bits per heavy atom. The van der Waals surface area contributed by atoms with Gasteiger partial charge in [-0.05, 0) is 43.4 Å². The number of primary amides is 1. The van der Waals surface area contributed by atoms with Crippen molar-refractivity contribution in [3.8, 4) is 0 Å². The van der Waals surface area contributed by atoms with Gasteiger partial charge in [-0.1, -0.05) is 35.0 Å². The van der Waals surface area contributed by atoms with Crippen molar-refractivity contribution in [1.29, 1.82) is 0 Å². The first-order valence-corrected chi connectivity index (χ1v) is 7.34. The molecule has 2 atom stereocenters. The van der Waals surface area contributed by atoms with Gasteiger partial charge in [0, 0.05) is 10.9 Å². The van der Waals surface area contributed by atoms with Gasteiger partial charge in [-0.3, -0.25) is 4.79 Å². The Kier molecular flexibility index (Phi) is 6.52. The maximum absolute atomic E-state index is 10.8. The Labute approximate surface area is 123 Å². The first-order chi connectivity index (χ1) is 8.90. The van der Waals surface area contributed by atoms with E-state index in [2.05, 4.69) is 41.9 Å². The summed E-state index contributed by atoms with van der Waals surface area (Å²) in [4.78, 5) is 10.8. The number of hydrogen-bond donors (Lipinski definition) is 1. The number of ether oxygens (including phenoxy) is 1. The van der Waals surface area contributed by atoms with Gasteiger partial charge < -0.3 is 10.5 Å². The van der Waals surface area contributed by atoms with Crippen LogP contribution in [-0.2, 0) is 16.1 Å². The van der Waals surface area contributed by atoms with Crippen LogP contribution in [-0.4, -0.2) is 12.0 Å². The number of amides is 1. The Bertz CT molecular complexity index is 434. The van der Waals surface area contributed by atoms with E-state index >= 15 is 0 Å². The van der Waals surface area contributed by atoms with E-state index in [1.54, 1.807) is 0 Å². The molecule has 106 valence electrons. The first kappa shape index (κ1) is 16.2. The van der Waals surface area contributed by atoms with Crippen molar-refractivity contribution in [1.82, 2.24) is 0 Å². The highest BCUT2D eigenvalue weighted by atomic mass is 79.9. The molecule has 0 radical (unpaired) electrons. The van der Waals surface area contributed by atoms with Crippen molar-refractivity contribution in [3.63, 3.8) is 0 Å². The second kappa shape index (κ2) is 7.65. The number of nitrogens with two attached hydrogens (primary N) is 1. The van der Waals surface area contributed by atoms with Crippen molar-refractivity contribution in [2.24, 2.45) is 11.7 Å². The van der Waals surface area contributed by atoms with E-state index in [-0.39, 0.29) is 12.0 Å². The van der Waals surface area contributed by atoms with Crippen LogP contribution in [0.15, 0.2) is 22.7 Å². The lowest BCUT2D eigenvalue weighted by atomic mass is 10.00. The molecule has 0 saturated heterocycles. The minimum atomic E-state index is -0.248. The van der Waals surface area contributed by atoms with Gasteiger partial charge in [0.2, 0.25) is 5.91 Å². The van der Waals surface area contributed by atoms with Crippen LogP contribution in [0, 0.1) is 12.8 Å². The zero-order valence-corrected chi connectivity index (χ0v) is 13.4. The second-order valence-electron chi connectivity index (χ2n) is 5.08. The monoisotopic (exact) mass is 327 g/mol. The van der Waals surface area contributed by atoms with E-state index in [1.165, 1.54) is 5.56 Å². The predicted molar refractivity (Wildman–Crippen MR) is 80.7 cm³/mol. The van der Waals surface area contributed by atoms with Gasteiger partial charge in [0.1, 0.15) is 0 Å². The molecular weight excluding hydrogens is 306 g/mol. The van der Waals surface area contributed by atoms with Crippen molar-refractivity contribution in [3.05, 3.63) is 33.8 Å². The molecule has 0 aliphatic rings. The summed E-state index contributed by atoms with van der Waals surface area (Å²) in [5.74, 6) is 0.0756.